The van der Waals surface area contributed by atoms with Crippen LogP contribution in [-0.2, 0) is 17.9 Å². The maximum Gasteiger partial charge on any atom is 0.335 e. The monoisotopic (exact) mass is 641 g/mol. The van der Waals surface area contributed by atoms with E-state index >= 15 is 0 Å². The van der Waals surface area contributed by atoms with Crippen LogP contribution in [0.25, 0.3) is 11.3 Å². The molecule has 0 saturated carbocycles. The Morgan fingerprint density at radius 1 is 0.935 bits per heavy atom. The number of aromatic carboxylic acids is 1. The summed E-state index contributed by atoms with van der Waals surface area (Å²) in [7, 11) is 0. The highest BCUT2D eigenvalue weighted by Gasteiger charge is 2.17. The van der Waals surface area contributed by atoms with Gasteiger partial charge in [0, 0.05) is 35.1 Å². The number of carbonyl (C=O) groups is 2. The fraction of sp³-hybridized carbons (Fsp3) is 0.395. The first-order chi connectivity index (χ1) is 22.1. The van der Waals surface area contributed by atoms with Crippen molar-refractivity contribution < 1.29 is 19.4 Å². The van der Waals surface area contributed by atoms with Crippen LogP contribution in [0.2, 0.25) is 0 Å². The van der Waals surface area contributed by atoms with E-state index in [1.807, 2.05) is 5.38 Å². The molecule has 1 amide bonds. The third-order valence-electron chi connectivity index (χ3n) is 8.11. The molecule has 8 heteroatoms. The van der Waals surface area contributed by atoms with Crippen LogP contribution in [0.3, 0.4) is 0 Å². The molecule has 1 heterocycles. The number of amides is 1. The SMILES string of the molecule is CCCC(CCC)c1ccc(N(Cc2ccc(-c3csc(COc4cc(C(=O)O)ccc4NC(=O)C(C)C)n3)cc2)C(C)C)cc1. The smallest absolute Gasteiger partial charge is 0.335 e. The lowest BCUT2D eigenvalue weighted by Crippen LogP contribution is -2.30. The van der Waals surface area contributed by atoms with Gasteiger partial charge in [0.05, 0.1) is 16.9 Å². The number of anilines is 2. The molecule has 0 atom stereocenters. The Labute approximate surface area is 277 Å². The number of hydrogen-bond donors (Lipinski definition) is 2. The largest absolute Gasteiger partial charge is 0.484 e. The van der Waals surface area contributed by atoms with E-state index in [4.69, 9.17) is 9.72 Å². The van der Waals surface area contributed by atoms with Gasteiger partial charge in [-0.1, -0.05) is 76.9 Å². The molecule has 0 saturated heterocycles. The second-order valence-corrected chi connectivity index (χ2v) is 13.3. The van der Waals surface area contributed by atoms with Gasteiger partial charge in [0.15, 0.2) is 0 Å². The van der Waals surface area contributed by atoms with Gasteiger partial charge < -0.3 is 20.1 Å². The second kappa shape index (κ2) is 16.4. The molecule has 2 N–H and O–H groups in total. The number of carbonyl (C=O) groups excluding carboxylic acids is 1. The van der Waals surface area contributed by atoms with Crippen LogP contribution in [-0.4, -0.2) is 28.0 Å². The first kappa shape index (κ1) is 34.7. The predicted molar refractivity (Wildman–Crippen MR) is 189 cm³/mol. The van der Waals surface area contributed by atoms with Crippen molar-refractivity contribution in [1.29, 1.82) is 0 Å². The zero-order valence-electron chi connectivity index (χ0n) is 27.9. The molecule has 0 spiro atoms. The molecule has 0 radical (unpaired) electrons. The summed E-state index contributed by atoms with van der Waals surface area (Å²) in [6, 6.07) is 22.5. The zero-order valence-corrected chi connectivity index (χ0v) is 28.7. The summed E-state index contributed by atoms with van der Waals surface area (Å²) in [4.78, 5) is 31.0. The number of hydrogen-bond acceptors (Lipinski definition) is 6. The molecule has 4 aromatic rings. The Hall–Kier alpha value is -4.17. The summed E-state index contributed by atoms with van der Waals surface area (Å²) in [5, 5.41) is 15.0. The number of nitrogens with zero attached hydrogens (tertiary/aromatic N) is 2. The summed E-state index contributed by atoms with van der Waals surface area (Å²) in [6.45, 7) is 13.5. The van der Waals surface area contributed by atoms with Crippen molar-refractivity contribution in [3.63, 3.8) is 0 Å². The van der Waals surface area contributed by atoms with Gasteiger partial charge in [-0.3, -0.25) is 4.79 Å². The van der Waals surface area contributed by atoms with Crippen LogP contribution < -0.4 is 15.0 Å². The molecule has 0 unspecified atom stereocenters. The van der Waals surface area contributed by atoms with Crippen molar-refractivity contribution in [2.75, 3.05) is 10.2 Å². The van der Waals surface area contributed by atoms with E-state index in [1.54, 1.807) is 19.9 Å². The van der Waals surface area contributed by atoms with Crippen molar-refractivity contribution >= 4 is 34.6 Å². The van der Waals surface area contributed by atoms with Crippen LogP contribution in [0.4, 0.5) is 11.4 Å². The highest BCUT2D eigenvalue weighted by molar-refractivity contribution is 7.09. The lowest BCUT2D eigenvalue weighted by Gasteiger charge is -2.30. The number of ether oxygens (including phenoxy) is 1. The molecule has 46 heavy (non-hydrogen) atoms. The van der Waals surface area contributed by atoms with E-state index in [-0.39, 0.29) is 24.0 Å². The van der Waals surface area contributed by atoms with Gasteiger partial charge in [-0.05, 0) is 74.1 Å². The van der Waals surface area contributed by atoms with Gasteiger partial charge in [-0.2, -0.15) is 0 Å². The highest BCUT2D eigenvalue weighted by atomic mass is 32.1. The maximum absolute atomic E-state index is 12.3. The van der Waals surface area contributed by atoms with Crippen molar-refractivity contribution in [1.82, 2.24) is 4.98 Å². The number of thiazole rings is 1. The first-order valence-electron chi connectivity index (χ1n) is 16.3. The Morgan fingerprint density at radius 2 is 1.61 bits per heavy atom. The molecular formula is C38H47N3O4S. The minimum absolute atomic E-state index is 0.0816. The normalized spacial score (nSPS) is 11.3. The van der Waals surface area contributed by atoms with Crippen molar-refractivity contribution in [3.8, 4) is 17.0 Å². The Kier molecular flexibility index (Phi) is 12.4. The molecule has 3 aromatic carbocycles. The minimum atomic E-state index is -1.07. The van der Waals surface area contributed by atoms with Crippen LogP contribution in [0.5, 0.6) is 5.75 Å². The third kappa shape index (κ3) is 9.19. The topological polar surface area (TPSA) is 91.8 Å². The molecule has 4 rings (SSSR count). The third-order valence-corrected chi connectivity index (χ3v) is 8.93. The molecule has 0 aliphatic carbocycles. The molecule has 1 aromatic heterocycles. The number of aromatic nitrogens is 1. The standard InChI is InChI=1S/C38H47N3O4S/c1-7-9-28(10-8-2)29-15-18-32(19-16-29)41(26(5)6)22-27-11-13-30(14-12-27)34-24-46-36(39-34)23-45-35-21-31(38(43)44)17-20-33(35)40-37(42)25(3)4/h11-21,24-26,28H,7-10,22-23H2,1-6H3,(H,40,42)(H,43,44). The van der Waals surface area contributed by atoms with Gasteiger partial charge in [0.2, 0.25) is 5.91 Å². The average Bonchev–Trinajstić information content (AvgIpc) is 3.52. The molecule has 0 fully saturated rings. The quantitative estimate of drug-likeness (QED) is 0.127. The van der Waals surface area contributed by atoms with Crippen molar-refractivity contribution in [2.45, 2.75) is 92.3 Å². The van der Waals surface area contributed by atoms with Gasteiger partial charge in [0.25, 0.3) is 0 Å². The van der Waals surface area contributed by atoms with Crippen LogP contribution >= 0.6 is 11.3 Å². The van der Waals surface area contributed by atoms with E-state index in [9.17, 15) is 14.7 Å². The Balaban J connectivity index is 1.43. The van der Waals surface area contributed by atoms with Gasteiger partial charge >= 0.3 is 5.97 Å². The van der Waals surface area contributed by atoms with E-state index in [2.05, 4.69) is 86.4 Å². The van der Waals surface area contributed by atoms with E-state index in [1.165, 1.54) is 66.0 Å². The molecule has 7 nitrogen and oxygen atoms in total. The fourth-order valence-electron chi connectivity index (χ4n) is 5.47. The van der Waals surface area contributed by atoms with Crippen LogP contribution in [0, 0.1) is 5.92 Å². The number of carboxylic acids is 1. The van der Waals surface area contributed by atoms with Gasteiger partial charge in [-0.25, -0.2) is 9.78 Å². The first-order valence-corrected chi connectivity index (χ1v) is 17.2. The zero-order chi connectivity index (χ0) is 33.2. The summed E-state index contributed by atoms with van der Waals surface area (Å²) in [5.74, 6) is -0.538. The van der Waals surface area contributed by atoms with Crippen molar-refractivity contribution in [2.24, 2.45) is 5.92 Å². The predicted octanol–water partition coefficient (Wildman–Crippen LogP) is 9.78. The Bertz CT molecular complexity index is 1570. The average molecular weight is 642 g/mol. The van der Waals surface area contributed by atoms with Gasteiger partial charge in [0.1, 0.15) is 17.4 Å². The highest BCUT2D eigenvalue weighted by Crippen LogP contribution is 2.31. The van der Waals surface area contributed by atoms with E-state index < -0.39 is 5.97 Å². The number of benzene rings is 3. The second-order valence-electron chi connectivity index (χ2n) is 12.4. The number of rotatable bonds is 16. The lowest BCUT2D eigenvalue weighted by molar-refractivity contribution is -0.118. The lowest BCUT2D eigenvalue weighted by atomic mass is 9.90. The molecule has 0 aliphatic rings. The fourth-order valence-corrected chi connectivity index (χ4v) is 6.18. The van der Waals surface area contributed by atoms with Gasteiger partial charge in [-0.15, -0.1) is 11.3 Å². The molecule has 0 aliphatic heterocycles. The van der Waals surface area contributed by atoms with Crippen LogP contribution in [0.1, 0.15) is 99.6 Å². The van der Waals surface area contributed by atoms with Crippen molar-refractivity contribution in [3.05, 3.63) is 93.8 Å². The van der Waals surface area contributed by atoms with E-state index in [0.29, 0.717) is 23.4 Å². The number of nitrogens with one attached hydrogen (secondary N) is 1. The molecular weight excluding hydrogens is 595 g/mol. The summed E-state index contributed by atoms with van der Waals surface area (Å²) >= 11 is 1.48. The molecule has 244 valence electrons. The number of carboxylic acid groups (broad SMARTS) is 1. The maximum atomic E-state index is 12.3. The van der Waals surface area contributed by atoms with E-state index in [0.717, 1.165) is 22.8 Å². The summed E-state index contributed by atoms with van der Waals surface area (Å²) in [6.07, 6.45) is 4.89. The van der Waals surface area contributed by atoms with Crippen LogP contribution in [0.15, 0.2) is 72.1 Å². The summed E-state index contributed by atoms with van der Waals surface area (Å²) < 4.78 is 5.98. The Morgan fingerprint density at radius 3 is 2.20 bits per heavy atom. The summed E-state index contributed by atoms with van der Waals surface area (Å²) in [5.41, 5.74) is 6.29. The molecule has 0 bridgehead atoms. The minimum Gasteiger partial charge on any atom is -0.484 e.